The predicted octanol–water partition coefficient (Wildman–Crippen LogP) is 4.55. The third-order valence-electron chi connectivity index (χ3n) is 3.08. The average molecular weight is 344 g/mol. The Kier molecular flexibility index (Phi) is 5.15. The molecule has 0 aliphatic rings. The highest BCUT2D eigenvalue weighted by molar-refractivity contribution is 6.31. The number of nitrogens with one attached hydrogen (secondary N) is 1. The number of anilines is 1. The summed E-state index contributed by atoms with van der Waals surface area (Å²) in [6.45, 7) is 0. The maximum Gasteiger partial charge on any atom is 0.417 e. The van der Waals surface area contributed by atoms with E-state index in [9.17, 15) is 18.0 Å². The molecule has 0 heterocycles. The lowest BCUT2D eigenvalue weighted by Gasteiger charge is -2.12. The number of rotatable bonds is 4. The van der Waals surface area contributed by atoms with Crippen LogP contribution in [-0.4, -0.2) is 13.0 Å². The summed E-state index contributed by atoms with van der Waals surface area (Å²) in [6.07, 6.45) is -4.54. The van der Waals surface area contributed by atoms with Gasteiger partial charge in [0.1, 0.15) is 5.75 Å². The Labute approximate surface area is 136 Å². The van der Waals surface area contributed by atoms with Crippen molar-refractivity contribution in [1.29, 1.82) is 0 Å². The molecule has 0 aliphatic heterocycles. The Morgan fingerprint density at radius 1 is 1.17 bits per heavy atom. The van der Waals surface area contributed by atoms with Crippen LogP contribution in [-0.2, 0) is 17.4 Å². The first-order chi connectivity index (χ1) is 10.8. The molecular formula is C16H13ClF3NO2. The van der Waals surface area contributed by atoms with Crippen LogP contribution in [0, 0.1) is 0 Å². The summed E-state index contributed by atoms with van der Waals surface area (Å²) < 4.78 is 43.3. The van der Waals surface area contributed by atoms with Crippen LogP contribution in [0.2, 0.25) is 5.02 Å². The highest BCUT2D eigenvalue weighted by Gasteiger charge is 2.33. The molecule has 2 aromatic carbocycles. The summed E-state index contributed by atoms with van der Waals surface area (Å²) in [4.78, 5) is 11.9. The summed E-state index contributed by atoms with van der Waals surface area (Å²) in [5, 5.41) is 2.02. The molecule has 2 rings (SSSR count). The second-order valence-corrected chi connectivity index (χ2v) is 5.17. The van der Waals surface area contributed by atoms with Crippen molar-refractivity contribution in [2.75, 3.05) is 12.4 Å². The molecule has 0 unspecified atom stereocenters. The first-order valence-electron chi connectivity index (χ1n) is 6.59. The van der Waals surface area contributed by atoms with Gasteiger partial charge in [-0.15, -0.1) is 0 Å². The van der Waals surface area contributed by atoms with Gasteiger partial charge in [-0.05, 0) is 35.9 Å². The quantitative estimate of drug-likeness (QED) is 0.884. The second-order valence-electron chi connectivity index (χ2n) is 4.77. The van der Waals surface area contributed by atoms with Crippen molar-refractivity contribution in [2.24, 2.45) is 0 Å². The van der Waals surface area contributed by atoms with Crippen LogP contribution in [0.5, 0.6) is 5.75 Å². The number of hydrogen-bond donors (Lipinski definition) is 1. The third kappa shape index (κ3) is 4.63. The number of carbonyl (C=O) groups is 1. The number of alkyl halides is 3. The summed E-state index contributed by atoms with van der Waals surface area (Å²) in [6, 6.07) is 10.1. The smallest absolute Gasteiger partial charge is 0.417 e. The molecule has 1 N–H and O–H groups in total. The normalized spacial score (nSPS) is 11.2. The van der Waals surface area contributed by atoms with Crippen molar-refractivity contribution in [2.45, 2.75) is 12.6 Å². The van der Waals surface area contributed by atoms with E-state index in [-0.39, 0.29) is 12.1 Å². The van der Waals surface area contributed by atoms with Gasteiger partial charge in [0.05, 0.1) is 24.1 Å². The zero-order valence-corrected chi connectivity index (χ0v) is 12.8. The van der Waals surface area contributed by atoms with E-state index < -0.39 is 22.7 Å². The molecular weight excluding hydrogens is 331 g/mol. The molecule has 1 amide bonds. The van der Waals surface area contributed by atoms with Gasteiger partial charge in [-0.2, -0.15) is 13.2 Å². The van der Waals surface area contributed by atoms with Crippen LogP contribution in [0.25, 0.3) is 0 Å². The van der Waals surface area contributed by atoms with E-state index in [0.717, 1.165) is 12.1 Å². The molecule has 0 bridgehead atoms. The molecule has 3 nitrogen and oxygen atoms in total. The van der Waals surface area contributed by atoms with E-state index in [1.165, 1.54) is 13.2 Å². The topological polar surface area (TPSA) is 38.3 Å². The van der Waals surface area contributed by atoms with E-state index in [0.29, 0.717) is 11.3 Å². The maximum atomic E-state index is 12.8. The minimum atomic E-state index is -4.58. The van der Waals surface area contributed by atoms with Crippen LogP contribution in [0.15, 0.2) is 42.5 Å². The van der Waals surface area contributed by atoms with Gasteiger partial charge in [0.25, 0.3) is 0 Å². The van der Waals surface area contributed by atoms with E-state index in [1.54, 1.807) is 24.3 Å². The van der Waals surface area contributed by atoms with E-state index in [2.05, 4.69) is 5.32 Å². The molecule has 0 saturated carbocycles. The maximum absolute atomic E-state index is 12.8. The standard InChI is InChI=1S/C16H13ClF3NO2/c1-23-12-5-2-10(3-6-12)8-15(22)21-11-4-7-14(17)13(9-11)16(18,19)20/h2-7,9H,8H2,1H3,(H,21,22). The van der Waals surface area contributed by atoms with Gasteiger partial charge >= 0.3 is 6.18 Å². The predicted molar refractivity (Wildman–Crippen MR) is 81.8 cm³/mol. The number of ether oxygens (including phenoxy) is 1. The minimum Gasteiger partial charge on any atom is -0.497 e. The lowest BCUT2D eigenvalue weighted by atomic mass is 10.1. The van der Waals surface area contributed by atoms with Gasteiger partial charge in [-0.25, -0.2) is 0 Å². The molecule has 0 saturated heterocycles. The lowest BCUT2D eigenvalue weighted by molar-refractivity contribution is -0.137. The van der Waals surface area contributed by atoms with E-state index in [1.807, 2.05) is 0 Å². The summed E-state index contributed by atoms with van der Waals surface area (Å²) in [7, 11) is 1.53. The SMILES string of the molecule is COc1ccc(CC(=O)Nc2ccc(Cl)c(C(F)(F)F)c2)cc1. The van der Waals surface area contributed by atoms with Gasteiger partial charge < -0.3 is 10.1 Å². The van der Waals surface area contributed by atoms with E-state index in [4.69, 9.17) is 16.3 Å². The Balaban J connectivity index is 2.08. The fraction of sp³-hybridized carbons (Fsp3) is 0.188. The third-order valence-corrected chi connectivity index (χ3v) is 3.41. The molecule has 0 aliphatic carbocycles. The summed E-state index contributed by atoms with van der Waals surface area (Å²) in [5.41, 5.74) is -0.227. The van der Waals surface area contributed by atoms with Crippen molar-refractivity contribution in [1.82, 2.24) is 0 Å². The molecule has 2 aromatic rings. The Morgan fingerprint density at radius 2 is 1.83 bits per heavy atom. The van der Waals surface area contributed by atoms with Gasteiger partial charge in [0.15, 0.2) is 0 Å². The van der Waals surface area contributed by atoms with Crippen LogP contribution in [0.3, 0.4) is 0 Å². The fourth-order valence-electron chi connectivity index (χ4n) is 1.95. The number of benzene rings is 2. The molecule has 0 atom stereocenters. The van der Waals surface area contributed by atoms with Gasteiger partial charge in [0.2, 0.25) is 5.91 Å². The average Bonchev–Trinajstić information content (AvgIpc) is 2.49. The van der Waals surface area contributed by atoms with Crippen molar-refractivity contribution < 1.29 is 22.7 Å². The van der Waals surface area contributed by atoms with Crippen molar-refractivity contribution in [3.05, 3.63) is 58.6 Å². The highest BCUT2D eigenvalue weighted by Crippen LogP contribution is 2.36. The lowest BCUT2D eigenvalue weighted by Crippen LogP contribution is -2.15. The second kappa shape index (κ2) is 6.91. The number of hydrogen-bond acceptors (Lipinski definition) is 2. The van der Waals surface area contributed by atoms with Crippen LogP contribution < -0.4 is 10.1 Å². The van der Waals surface area contributed by atoms with Crippen molar-refractivity contribution in [3.8, 4) is 5.75 Å². The molecule has 7 heteroatoms. The summed E-state index contributed by atoms with van der Waals surface area (Å²) >= 11 is 5.53. The van der Waals surface area contributed by atoms with Crippen LogP contribution in [0.4, 0.5) is 18.9 Å². The molecule has 0 aromatic heterocycles. The number of amides is 1. The van der Waals surface area contributed by atoms with Crippen LogP contribution in [0.1, 0.15) is 11.1 Å². The molecule has 0 fully saturated rings. The largest absolute Gasteiger partial charge is 0.497 e. The number of methoxy groups -OCH3 is 1. The Hall–Kier alpha value is -2.21. The fourth-order valence-corrected chi connectivity index (χ4v) is 2.18. The zero-order valence-electron chi connectivity index (χ0n) is 12.1. The van der Waals surface area contributed by atoms with E-state index >= 15 is 0 Å². The van der Waals surface area contributed by atoms with Gasteiger partial charge in [-0.3, -0.25) is 4.79 Å². The Bertz CT molecular complexity index is 699. The molecule has 23 heavy (non-hydrogen) atoms. The number of halogens is 4. The Morgan fingerprint density at radius 3 is 2.39 bits per heavy atom. The van der Waals surface area contributed by atoms with Crippen molar-refractivity contribution >= 4 is 23.2 Å². The monoisotopic (exact) mass is 343 g/mol. The molecule has 0 radical (unpaired) electrons. The highest BCUT2D eigenvalue weighted by atomic mass is 35.5. The first-order valence-corrected chi connectivity index (χ1v) is 6.97. The molecule has 122 valence electrons. The van der Waals surface area contributed by atoms with Crippen LogP contribution >= 0.6 is 11.6 Å². The van der Waals surface area contributed by atoms with Gasteiger partial charge in [-0.1, -0.05) is 23.7 Å². The summed E-state index contributed by atoms with van der Waals surface area (Å²) in [5.74, 6) is 0.229. The first kappa shape index (κ1) is 17.1. The van der Waals surface area contributed by atoms with Crippen molar-refractivity contribution in [3.63, 3.8) is 0 Å². The molecule has 0 spiro atoms. The minimum absolute atomic E-state index is 0.0357. The number of carbonyl (C=O) groups excluding carboxylic acids is 1. The van der Waals surface area contributed by atoms with Gasteiger partial charge in [0, 0.05) is 5.69 Å². The zero-order chi connectivity index (χ0) is 17.0.